The van der Waals surface area contributed by atoms with E-state index in [4.69, 9.17) is 0 Å². The van der Waals surface area contributed by atoms with Gasteiger partial charge < -0.3 is 10.0 Å². The van der Waals surface area contributed by atoms with Crippen LogP contribution < -0.4 is 0 Å². The van der Waals surface area contributed by atoms with Crippen molar-refractivity contribution in [3.8, 4) is 0 Å². The monoisotopic (exact) mass is 355 g/mol. The molecule has 0 spiro atoms. The van der Waals surface area contributed by atoms with Crippen molar-refractivity contribution in [1.29, 1.82) is 0 Å². The molecule has 0 amide bonds. The summed E-state index contributed by atoms with van der Waals surface area (Å²) in [7, 11) is 0. The van der Waals surface area contributed by atoms with E-state index in [-0.39, 0.29) is 17.5 Å². The third-order valence-corrected chi connectivity index (χ3v) is 5.47. The van der Waals surface area contributed by atoms with Crippen LogP contribution >= 0.6 is 0 Å². The van der Waals surface area contributed by atoms with Crippen molar-refractivity contribution in [1.82, 2.24) is 4.90 Å². The number of ketones is 1. The number of carbonyl (C=O) groups excluding carboxylic acids is 1. The largest absolute Gasteiger partial charge is 0.385 e. The van der Waals surface area contributed by atoms with E-state index in [9.17, 15) is 14.3 Å². The first-order chi connectivity index (χ1) is 12.5. The summed E-state index contributed by atoms with van der Waals surface area (Å²) >= 11 is 0. The van der Waals surface area contributed by atoms with Crippen LogP contribution in [-0.2, 0) is 5.60 Å². The Hall–Kier alpha value is -2.04. The fourth-order valence-electron chi connectivity index (χ4n) is 3.81. The molecule has 3 rings (SSSR count). The molecule has 0 bridgehead atoms. The maximum Gasteiger partial charge on any atom is 0.162 e. The lowest BCUT2D eigenvalue weighted by molar-refractivity contribution is -0.0711. The van der Waals surface area contributed by atoms with Crippen LogP contribution in [0.25, 0.3) is 0 Å². The number of aliphatic hydroxyl groups is 1. The van der Waals surface area contributed by atoms with Crippen LogP contribution in [0.4, 0.5) is 4.39 Å². The molecule has 3 nitrogen and oxygen atoms in total. The Balaban J connectivity index is 1.49. The minimum atomic E-state index is -0.776. The molecule has 0 radical (unpaired) electrons. The number of halogens is 1. The molecule has 4 heteroatoms. The maximum absolute atomic E-state index is 12.9. The Morgan fingerprint density at radius 1 is 1.19 bits per heavy atom. The second-order valence-electron chi connectivity index (χ2n) is 7.28. The molecule has 1 N–H and O–H groups in total. The van der Waals surface area contributed by atoms with Gasteiger partial charge in [0.1, 0.15) is 5.82 Å². The third kappa shape index (κ3) is 4.19. The summed E-state index contributed by atoms with van der Waals surface area (Å²) in [6.45, 7) is 4.56. The van der Waals surface area contributed by atoms with E-state index < -0.39 is 5.60 Å². The number of rotatable bonds is 6. The molecule has 26 heavy (non-hydrogen) atoms. The van der Waals surface area contributed by atoms with Crippen LogP contribution in [0.15, 0.2) is 54.6 Å². The summed E-state index contributed by atoms with van der Waals surface area (Å²) in [6, 6.07) is 15.6. The summed E-state index contributed by atoms with van der Waals surface area (Å²) in [4.78, 5) is 14.5. The Bertz CT molecular complexity index is 732. The van der Waals surface area contributed by atoms with Crippen LogP contribution in [0.3, 0.4) is 0 Å². The molecule has 1 heterocycles. The lowest BCUT2D eigenvalue weighted by atomic mass is 9.77. The quantitative estimate of drug-likeness (QED) is 0.796. The van der Waals surface area contributed by atoms with Crippen LogP contribution in [0.5, 0.6) is 0 Å². The van der Waals surface area contributed by atoms with E-state index in [1.165, 1.54) is 12.1 Å². The van der Waals surface area contributed by atoms with Gasteiger partial charge in [0.15, 0.2) is 5.78 Å². The van der Waals surface area contributed by atoms with Gasteiger partial charge in [-0.15, -0.1) is 0 Å². The number of benzene rings is 2. The number of piperidine rings is 1. The van der Waals surface area contributed by atoms with Crippen LogP contribution in [0, 0.1) is 11.7 Å². The molecule has 1 aliphatic heterocycles. The highest BCUT2D eigenvalue weighted by Crippen LogP contribution is 2.37. The van der Waals surface area contributed by atoms with Crippen LogP contribution in [0.1, 0.15) is 42.1 Å². The Morgan fingerprint density at radius 2 is 1.88 bits per heavy atom. The summed E-state index contributed by atoms with van der Waals surface area (Å²) < 4.78 is 12.9. The van der Waals surface area contributed by atoms with Gasteiger partial charge in [-0.25, -0.2) is 4.39 Å². The normalized spacial score (nSPS) is 23.7. The molecule has 1 fully saturated rings. The van der Waals surface area contributed by atoms with Crippen molar-refractivity contribution in [3.63, 3.8) is 0 Å². The smallest absolute Gasteiger partial charge is 0.162 e. The maximum atomic E-state index is 12.9. The van der Waals surface area contributed by atoms with Crippen molar-refractivity contribution in [2.75, 3.05) is 19.6 Å². The van der Waals surface area contributed by atoms with Crippen molar-refractivity contribution in [2.24, 2.45) is 5.92 Å². The Kier molecular flexibility index (Phi) is 5.84. The van der Waals surface area contributed by atoms with Crippen molar-refractivity contribution < 1.29 is 14.3 Å². The molecule has 2 atom stereocenters. The predicted molar refractivity (Wildman–Crippen MR) is 101 cm³/mol. The van der Waals surface area contributed by atoms with Crippen LogP contribution in [0.2, 0.25) is 0 Å². The van der Waals surface area contributed by atoms with Gasteiger partial charge in [-0.1, -0.05) is 37.3 Å². The average molecular weight is 355 g/mol. The van der Waals surface area contributed by atoms with Gasteiger partial charge >= 0.3 is 0 Å². The second-order valence-corrected chi connectivity index (χ2v) is 7.28. The molecule has 0 aliphatic carbocycles. The van der Waals surface area contributed by atoms with E-state index >= 15 is 0 Å². The predicted octanol–water partition coefficient (Wildman–Crippen LogP) is 4.02. The standard InChI is InChI=1S/C22H26FNO2/c1-17-16-24(15-13-22(17,26)19-6-3-2-4-7-19)14-5-8-21(25)18-9-11-20(23)12-10-18/h2-4,6-7,9-12,17,26H,5,8,13-16H2,1H3/t17-,22+/m0/s1. The summed E-state index contributed by atoms with van der Waals surface area (Å²) in [5, 5.41) is 11.1. The third-order valence-electron chi connectivity index (χ3n) is 5.47. The number of carbonyl (C=O) groups is 1. The Morgan fingerprint density at radius 3 is 2.54 bits per heavy atom. The number of hydrogen-bond acceptors (Lipinski definition) is 3. The average Bonchev–Trinajstić information content (AvgIpc) is 2.66. The van der Waals surface area contributed by atoms with Crippen LogP contribution in [-0.4, -0.2) is 35.4 Å². The zero-order valence-corrected chi connectivity index (χ0v) is 15.2. The summed E-state index contributed by atoms with van der Waals surface area (Å²) in [6.07, 6.45) is 1.93. The highest BCUT2D eigenvalue weighted by atomic mass is 19.1. The zero-order valence-electron chi connectivity index (χ0n) is 15.2. The van der Waals surface area contributed by atoms with E-state index in [1.807, 2.05) is 30.3 Å². The van der Waals surface area contributed by atoms with Crippen molar-refractivity contribution in [2.45, 2.75) is 31.8 Å². The molecular formula is C22H26FNO2. The lowest BCUT2D eigenvalue weighted by Crippen LogP contribution is -2.49. The molecule has 0 aromatic heterocycles. The first kappa shape index (κ1) is 18.7. The molecule has 0 saturated carbocycles. The number of likely N-dealkylation sites (tertiary alicyclic amines) is 1. The van der Waals surface area contributed by atoms with E-state index in [2.05, 4.69) is 11.8 Å². The fraction of sp³-hybridized carbons (Fsp3) is 0.409. The van der Waals surface area contributed by atoms with Gasteiger partial charge in [0.25, 0.3) is 0 Å². The molecule has 138 valence electrons. The molecule has 1 aliphatic rings. The van der Waals surface area contributed by atoms with E-state index in [0.717, 1.165) is 31.6 Å². The molecule has 1 saturated heterocycles. The van der Waals surface area contributed by atoms with Crippen molar-refractivity contribution in [3.05, 3.63) is 71.5 Å². The van der Waals surface area contributed by atoms with E-state index in [0.29, 0.717) is 18.4 Å². The molecular weight excluding hydrogens is 329 g/mol. The van der Waals surface area contributed by atoms with Crippen molar-refractivity contribution >= 4 is 5.78 Å². The van der Waals surface area contributed by atoms with Gasteiger partial charge in [-0.3, -0.25) is 4.79 Å². The first-order valence-electron chi connectivity index (χ1n) is 9.28. The van der Waals surface area contributed by atoms with Gasteiger partial charge in [0.2, 0.25) is 0 Å². The summed E-state index contributed by atoms with van der Waals surface area (Å²) in [5.74, 6) is -0.142. The highest BCUT2D eigenvalue weighted by molar-refractivity contribution is 5.95. The lowest BCUT2D eigenvalue weighted by Gasteiger charge is -2.43. The molecule has 2 aromatic carbocycles. The van der Waals surface area contributed by atoms with Gasteiger partial charge in [0.05, 0.1) is 5.60 Å². The van der Waals surface area contributed by atoms with E-state index in [1.54, 1.807) is 12.1 Å². The fourth-order valence-corrected chi connectivity index (χ4v) is 3.81. The van der Waals surface area contributed by atoms with Gasteiger partial charge in [-0.05, 0) is 49.2 Å². The topological polar surface area (TPSA) is 40.5 Å². The second kappa shape index (κ2) is 8.11. The Labute approximate surface area is 154 Å². The first-order valence-corrected chi connectivity index (χ1v) is 9.28. The molecule has 0 unspecified atom stereocenters. The minimum absolute atomic E-state index is 0.0517. The number of Topliss-reactive ketones (excluding diaryl/α,β-unsaturated/α-hetero) is 1. The molecule has 2 aromatic rings. The zero-order chi connectivity index (χ0) is 18.6. The minimum Gasteiger partial charge on any atom is -0.385 e. The highest BCUT2D eigenvalue weighted by Gasteiger charge is 2.39. The SMILES string of the molecule is C[C@H]1CN(CCCC(=O)c2ccc(F)cc2)CC[C@]1(O)c1ccccc1. The number of nitrogens with zero attached hydrogens (tertiary/aromatic N) is 1. The summed E-state index contributed by atoms with van der Waals surface area (Å²) in [5.41, 5.74) is 0.775. The van der Waals surface area contributed by atoms with Gasteiger partial charge in [-0.2, -0.15) is 0 Å². The van der Waals surface area contributed by atoms with Gasteiger partial charge in [0, 0.05) is 31.0 Å². The number of hydrogen-bond donors (Lipinski definition) is 1.